The molecule has 1 N–H and O–H groups in total. The van der Waals surface area contributed by atoms with Crippen LogP contribution in [-0.2, 0) is 0 Å². The number of aromatic nitrogens is 2. The normalized spacial score (nSPS) is 11.7. The highest BCUT2D eigenvalue weighted by molar-refractivity contribution is 5.94. The Hall–Kier alpha value is -3.21. The Balaban J connectivity index is 1.67. The van der Waals surface area contributed by atoms with E-state index in [9.17, 15) is 4.79 Å². The number of hydrogen-bond donors (Lipinski definition) is 1. The summed E-state index contributed by atoms with van der Waals surface area (Å²) in [6.45, 7) is 6.07. The molecule has 1 atom stereocenters. The van der Waals surface area contributed by atoms with E-state index in [2.05, 4.69) is 28.3 Å². The molecule has 0 aliphatic rings. The van der Waals surface area contributed by atoms with Crippen molar-refractivity contribution in [3.05, 3.63) is 72.1 Å². The van der Waals surface area contributed by atoms with Gasteiger partial charge in [-0.25, -0.2) is 9.97 Å². The van der Waals surface area contributed by atoms with Crippen LogP contribution in [0.25, 0.3) is 11.1 Å². The van der Waals surface area contributed by atoms with Crippen LogP contribution in [0.1, 0.15) is 36.2 Å². The van der Waals surface area contributed by atoms with Gasteiger partial charge in [0.05, 0.1) is 0 Å². The van der Waals surface area contributed by atoms with Crippen molar-refractivity contribution >= 4 is 5.91 Å². The highest BCUT2D eigenvalue weighted by atomic mass is 16.5. The molecule has 0 saturated carbocycles. The van der Waals surface area contributed by atoms with E-state index in [1.165, 1.54) is 5.56 Å². The second-order valence-electron chi connectivity index (χ2n) is 6.48. The molecule has 5 heteroatoms. The quantitative estimate of drug-likeness (QED) is 0.687. The van der Waals surface area contributed by atoms with Gasteiger partial charge in [0.15, 0.2) is 0 Å². The fourth-order valence-corrected chi connectivity index (χ4v) is 2.59. The predicted octanol–water partition coefficient (Wildman–Crippen LogP) is 4.77. The van der Waals surface area contributed by atoms with Crippen LogP contribution < -0.4 is 10.1 Å². The Morgan fingerprint density at radius 3 is 2.37 bits per heavy atom. The third-order valence-electron chi connectivity index (χ3n) is 4.40. The average molecular weight is 361 g/mol. The van der Waals surface area contributed by atoms with Gasteiger partial charge in [0.1, 0.15) is 5.75 Å². The topological polar surface area (TPSA) is 64.1 Å². The number of aryl methyl sites for hydroxylation is 1. The number of nitrogens with zero attached hydrogens (tertiary/aromatic N) is 2. The molecular weight excluding hydrogens is 338 g/mol. The minimum absolute atomic E-state index is 0.0882. The van der Waals surface area contributed by atoms with E-state index in [1.54, 1.807) is 36.7 Å². The minimum Gasteiger partial charge on any atom is -0.424 e. The zero-order chi connectivity index (χ0) is 19.2. The summed E-state index contributed by atoms with van der Waals surface area (Å²) in [4.78, 5) is 20.7. The lowest BCUT2D eigenvalue weighted by Crippen LogP contribution is -2.31. The van der Waals surface area contributed by atoms with Crippen LogP contribution in [0.2, 0.25) is 0 Å². The Kier molecular flexibility index (Phi) is 5.81. The fraction of sp³-hybridized carbons (Fsp3) is 0.227. The molecule has 0 unspecified atom stereocenters. The van der Waals surface area contributed by atoms with Gasteiger partial charge in [-0.2, -0.15) is 0 Å². The molecule has 0 saturated heterocycles. The largest absolute Gasteiger partial charge is 0.424 e. The van der Waals surface area contributed by atoms with Crippen molar-refractivity contribution < 1.29 is 9.53 Å². The lowest BCUT2D eigenvalue weighted by Gasteiger charge is -2.11. The molecule has 3 rings (SSSR count). The molecule has 138 valence electrons. The number of carbonyl (C=O) groups is 1. The first-order valence-electron chi connectivity index (χ1n) is 9.03. The van der Waals surface area contributed by atoms with E-state index >= 15 is 0 Å². The van der Waals surface area contributed by atoms with Gasteiger partial charge in [-0.15, -0.1) is 0 Å². The van der Waals surface area contributed by atoms with Crippen LogP contribution in [0, 0.1) is 6.92 Å². The van der Waals surface area contributed by atoms with Crippen molar-refractivity contribution in [2.75, 3.05) is 0 Å². The maximum absolute atomic E-state index is 12.1. The van der Waals surface area contributed by atoms with E-state index in [1.807, 2.05) is 32.0 Å². The first-order valence-corrected chi connectivity index (χ1v) is 9.03. The Labute approximate surface area is 159 Å². The van der Waals surface area contributed by atoms with Crippen molar-refractivity contribution in [1.29, 1.82) is 0 Å². The molecule has 1 amide bonds. The van der Waals surface area contributed by atoms with Gasteiger partial charge in [0.2, 0.25) is 0 Å². The first-order chi connectivity index (χ1) is 13.1. The number of nitrogens with one attached hydrogen (secondary N) is 1. The molecule has 0 spiro atoms. The van der Waals surface area contributed by atoms with E-state index in [0.29, 0.717) is 11.3 Å². The summed E-state index contributed by atoms with van der Waals surface area (Å²) in [7, 11) is 0. The van der Waals surface area contributed by atoms with Gasteiger partial charge < -0.3 is 10.1 Å². The molecule has 1 aromatic heterocycles. The zero-order valence-corrected chi connectivity index (χ0v) is 15.8. The molecular formula is C22H23N3O2. The summed E-state index contributed by atoms with van der Waals surface area (Å²) in [6, 6.07) is 15.4. The number of rotatable bonds is 6. The molecule has 0 bridgehead atoms. The Morgan fingerprint density at radius 1 is 1.07 bits per heavy atom. The molecule has 2 aromatic carbocycles. The molecule has 0 radical (unpaired) electrons. The van der Waals surface area contributed by atoms with Gasteiger partial charge in [-0.05, 0) is 55.7 Å². The average Bonchev–Trinajstić information content (AvgIpc) is 2.69. The maximum Gasteiger partial charge on any atom is 0.321 e. The number of ether oxygens (including phenoxy) is 1. The van der Waals surface area contributed by atoms with Crippen LogP contribution in [-0.4, -0.2) is 21.9 Å². The number of hydrogen-bond acceptors (Lipinski definition) is 4. The van der Waals surface area contributed by atoms with Crippen molar-refractivity contribution in [2.45, 2.75) is 33.2 Å². The first kappa shape index (κ1) is 18.6. The molecule has 1 heterocycles. The number of benzene rings is 2. The number of amides is 1. The summed E-state index contributed by atoms with van der Waals surface area (Å²) in [5.74, 6) is 0.494. The lowest BCUT2D eigenvalue weighted by atomic mass is 10.0. The molecule has 5 nitrogen and oxygen atoms in total. The van der Waals surface area contributed by atoms with Gasteiger partial charge in [-0.1, -0.05) is 31.2 Å². The van der Waals surface area contributed by atoms with E-state index in [-0.39, 0.29) is 18.0 Å². The van der Waals surface area contributed by atoms with Gasteiger partial charge >= 0.3 is 6.01 Å². The lowest BCUT2D eigenvalue weighted by molar-refractivity contribution is 0.0939. The molecule has 3 aromatic rings. The standard InChI is InChI=1S/C22H23N3O2/c1-4-16(3)25-21(26)17-9-11-19(12-10-17)27-22-23-13-18(14-24-22)20-8-6-5-7-15(20)2/h5-14,16H,4H2,1-3H3,(H,25,26)/t16-/m0/s1. The SMILES string of the molecule is CC[C@H](C)NC(=O)c1ccc(Oc2ncc(-c3ccccc3C)cn2)cc1. The molecule has 0 aliphatic carbocycles. The maximum atomic E-state index is 12.1. The zero-order valence-electron chi connectivity index (χ0n) is 15.8. The van der Waals surface area contributed by atoms with Gasteiger partial charge in [-0.3, -0.25) is 4.79 Å². The van der Waals surface area contributed by atoms with Crippen LogP contribution >= 0.6 is 0 Å². The van der Waals surface area contributed by atoms with Gasteiger partial charge in [0, 0.05) is 29.6 Å². The Bertz CT molecular complexity index is 906. The predicted molar refractivity (Wildman–Crippen MR) is 106 cm³/mol. The van der Waals surface area contributed by atoms with Crippen LogP contribution in [0.4, 0.5) is 0 Å². The minimum atomic E-state index is -0.0882. The van der Waals surface area contributed by atoms with E-state index in [4.69, 9.17) is 4.74 Å². The third-order valence-corrected chi connectivity index (χ3v) is 4.40. The van der Waals surface area contributed by atoms with Crippen molar-refractivity contribution in [1.82, 2.24) is 15.3 Å². The highest BCUT2D eigenvalue weighted by Crippen LogP contribution is 2.24. The van der Waals surface area contributed by atoms with E-state index in [0.717, 1.165) is 17.5 Å². The summed E-state index contributed by atoms with van der Waals surface area (Å²) >= 11 is 0. The van der Waals surface area contributed by atoms with Gasteiger partial charge in [0.25, 0.3) is 5.91 Å². The smallest absolute Gasteiger partial charge is 0.321 e. The Morgan fingerprint density at radius 2 is 1.74 bits per heavy atom. The summed E-state index contributed by atoms with van der Waals surface area (Å²) in [6.07, 6.45) is 4.39. The molecule has 0 fully saturated rings. The molecule has 27 heavy (non-hydrogen) atoms. The van der Waals surface area contributed by atoms with Crippen molar-refractivity contribution in [3.63, 3.8) is 0 Å². The van der Waals surface area contributed by atoms with Crippen LogP contribution in [0.5, 0.6) is 11.8 Å². The second-order valence-corrected chi connectivity index (χ2v) is 6.48. The monoisotopic (exact) mass is 361 g/mol. The van der Waals surface area contributed by atoms with Crippen molar-refractivity contribution in [3.8, 4) is 22.9 Å². The third kappa shape index (κ3) is 4.70. The number of carbonyl (C=O) groups excluding carboxylic acids is 1. The fourth-order valence-electron chi connectivity index (χ4n) is 2.59. The highest BCUT2D eigenvalue weighted by Gasteiger charge is 2.09. The molecule has 0 aliphatic heterocycles. The summed E-state index contributed by atoms with van der Waals surface area (Å²) in [5, 5.41) is 2.94. The second kappa shape index (κ2) is 8.45. The van der Waals surface area contributed by atoms with Crippen molar-refractivity contribution in [2.24, 2.45) is 0 Å². The van der Waals surface area contributed by atoms with Crippen LogP contribution in [0.15, 0.2) is 60.9 Å². The summed E-state index contributed by atoms with van der Waals surface area (Å²) in [5.41, 5.74) is 3.80. The summed E-state index contributed by atoms with van der Waals surface area (Å²) < 4.78 is 5.68. The van der Waals surface area contributed by atoms with E-state index < -0.39 is 0 Å². The van der Waals surface area contributed by atoms with Crippen LogP contribution in [0.3, 0.4) is 0 Å².